The van der Waals surface area contributed by atoms with Crippen LogP contribution >= 0.6 is 11.3 Å². The van der Waals surface area contributed by atoms with Gasteiger partial charge in [-0.05, 0) is 42.0 Å². The Labute approximate surface area is 336 Å². The highest BCUT2D eigenvalue weighted by Crippen LogP contribution is 2.46. The standard InChI is InChI=1S/C52H30N4OS/c1-3-13-32(14-4-1)50-54-51(33-15-5-2-6-16-33)56-52(55-50)34-25-23-31(24-26-34)39-30-41-46(47-38-19-8-11-21-43(38)57-49(39)47)37-18-7-10-20-42(37)53-48(41)35-27-28-45-40(29-35)36-17-9-12-22-44(36)58-45/h1-30H. The molecule has 0 fully saturated rings. The summed E-state index contributed by atoms with van der Waals surface area (Å²) < 4.78 is 9.38. The number of thiophene rings is 1. The molecular weight excluding hydrogens is 729 g/mol. The highest BCUT2D eigenvalue weighted by atomic mass is 32.1. The average Bonchev–Trinajstić information content (AvgIpc) is 3.88. The summed E-state index contributed by atoms with van der Waals surface area (Å²) in [5, 5.41) is 8.00. The van der Waals surface area contributed by atoms with Crippen molar-refractivity contribution >= 4 is 75.1 Å². The van der Waals surface area contributed by atoms with Gasteiger partial charge in [0.25, 0.3) is 0 Å². The molecule has 5 nitrogen and oxygen atoms in total. The van der Waals surface area contributed by atoms with Gasteiger partial charge in [-0.2, -0.15) is 0 Å². The van der Waals surface area contributed by atoms with Gasteiger partial charge in [0, 0.05) is 74.9 Å². The van der Waals surface area contributed by atoms with Crippen LogP contribution in [0.25, 0.3) is 120 Å². The molecule has 8 aromatic carbocycles. The van der Waals surface area contributed by atoms with Crippen molar-refractivity contribution < 1.29 is 4.42 Å². The van der Waals surface area contributed by atoms with Crippen molar-refractivity contribution in [3.8, 4) is 56.5 Å². The van der Waals surface area contributed by atoms with Gasteiger partial charge in [0.15, 0.2) is 17.5 Å². The van der Waals surface area contributed by atoms with Crippen LogP contribution in [0.15, 0.2) is 186 Å². The Kier molecular flexibility index (Phi) is 7.33. The summed E-state index contributed by atoms with van der Waals surface area (Å²) in [6, 6.07) is 63.2. The fraction of sp³-hybridized carbons (Fsp3) is 0. The molecule has 0 aliphatic heterocycles. The maximum Gasteiger partial charge on any atom is 0.164 e. The van der Waals surface area contributed by atoms with Gasteiger partial charge in [0.05, 0.1) is 11.2 Å². The lowest BCUT2D eigenvalue weighted by atomic mass is 9.91. The van der Waals surface area contributed by atoms with Crippen molar-refractivity contribution in [2.24, 2.45) is 0 Å². The zero-order chi connectivity index (χ0) is 38.2. The van der Waals surface area contributed by atoms with Gasteiger partial charge >= 0.3 is 0 Å². The minimum absolute atomic E-state index is 0.612. The van der Waals surface area contributed by atoms with Gasteiger partial charge in [-0.3, -0.25) is 0 Å². The lowest BCUT2D eigenvalue weighted by Crippen LogP contribution is -2.00. The summed E-state index contributed by atoms with van der Waals surface area (Å²) in [6.07, 6.45) is 0. The van der Waals surface area contributed by atoms with E-state index in [9.17, 15) is 0 Å². The lowest BCUT2D eigenvalue weighted by molar-refractivity contribution is 0.670. The quantitative estimate of drug-likeness (QED) is 0.164. The maximum absolute atomic E-state index is 6.83. The van der Waals surface area contributed by atoms with E-state index in [0.717, 1.165) is 82.7 Å². The Balaban J connectivity index is 1.09. The molecule has 6 heteroatoms. The van der Waals surface area contributed by atoms with E-state index in [-0.39, 0.29) is 0 Å². The Morgan fingerprint density at radius 3 is 1.64 bits per heavy atom. The Morgan fingerprint density at radius 2 is 0.914 bits per heavy atom. The first kappa shape index (κ1) is 32.7. The van der Waals surface area contributed by atoms with Crippen LogP contribution in [0.3, 0.4) is 0 Å². The maximum atomic E-state index is 6.83. The molecule has 0 saturated carbocycles. The molecule has 58 heavy (non-hydrogen) atoms. The SMILES string of the molecule is c1ccc(-c2nc(-c3ccccc3)nc(-c3ccc(-c4cc5c(-c6ccc7sc8ccccc8c7c6)nc6ccccc6c5c5c4oc4ccccc45)cc3)n2)cc1. The number of benzene rings is 8. The van der Waals surface area contributed by atoms with Gasteiger partial charge in [-0.1, -0.05) is 146 Å². The molecule has 12 aromatic rings. The van der Waals surface area contributed by atoms with E-state index in [1.165, 1.54) is 20.2 Å². The highest BCUT2D eigenvalue weighted by molar-refractivity contribution is 7.25. The molecule has 0 radical (unpaired) electrons. The number of para-hydroxylation sites is 2. The normalized spacial score (nSPS) is 11.8. The summed E-state index contributed by atoms with van der Waals surface area (Å²) in [4.78, 5) is 20.3. The monoisotopic (exact) mass is 758 g/mol. The second-order valence-electron chi connectivity index (χ2n) is 14.6. The minimum atomic E-state index is 0.612. The third kappa shape index (κ3) is 5.23. The summed E-state index contributed by atoms with van der Waals surface area (Å²) in [7, 11) is 0. The van der Waals surface area contributed by atoms with E-state index < -0.39 is 0 Å². The van der Waals surface area contributed by atoms with Crippen LogP contribution < -0.4 is 0 Å². The van der Waals surface area contributed by atoms with Crippen LogP contribution in [0, 0.1) is 0 Å². The lowest BCUT2D eigenvalue weighted by Gasteiger charge is -2.14. The van der Waals surface area contributed by atoms with Gasteiger partial charge in [0.2, 0.25) is 0 Å². The fourth-order valence-electron chi connectivity index (χ4n) is 8.37. The fourth-order valence-corrected chi connectivity index (χ4v) is 9.46. The minimum Gasteiger partial charge on any atom is -0.455 e. The summed E-state index contributed by atoms with van der Waals surface area (Å²) >= 11 is 1.83. The van der Waals surface area contributed by atoms with Gasteiger partial charge < -0.3 is 4.42 Å². The molecule has 0 unspecified atom stereocenters. The average molecular weight is 759 g/mol. The van der Waals surface area contributed by atoms with E-state index in [4.69, 9.17) is 24.4 Å². The molecule has 12 rings (SSSR count). The Hall–Kier alpha value is -7.54. The molecular formula is C52H30N4OS. The van der Waals surface area contributed by atoms with E-state index >= 15 is 0 Å². The number of rotatable bonds is 5. The van der Waals surface area contributed by atoms with Gasteiger partial charge in [-0.25, -0.2) is 19.9 Å². The predicted molar refractivity (Wildman–Crippen MR) is 240 cm³/mol. The van der Waals surface area contributed by atoms with Crippen molar-refractivity contribution in [2.75, 3.05) is 0 Å². The van der Waals surface area contributed by atoms with Crippen molar-refractivity contribution in [3.63, 3.8) is 0 Å². The van der Waals surface area contributed by atoms with E-state index in [0.29, 0.717) is 17.5 Å². The second kappa shape index (κ2) is 13.0. The second-order valence-corrected chi connectivity index (χ2v) is 15.6. The Morgan fingerprint density at radius 1 is 0.362 bits per heavy atom. The van der Waals surface area contributed by atoms with E-state index in [1.807, 2.05) is 78.1 Å². The van der Waals surface area contributed by atoms with Crippen LogP contribution in [-0.2, 0) is 0 Å². The van der Waals surface area contributed by atoms with Crippen LogP contribution in [0.4, 0.5) is 0 Å². The number of pyridine rings is 1. The van der Waals surface area contributed by atoms with Crippen LogP contribution in [-0.4, -0.2) is 19.9 Å². The summed E-state index contributed by atoms with van der Waals surface area (Å²) in [6.45, 7) is 0. The number of aromatic nitrogens is 4. The van der Waals surface area contributed by atoms with E-state index in [1.54, 1.807) is 0 Å². The summed E-state index contributed by atoms with van der Waals surface area (Å²) in [5.41, 5.74) is 9.46. The van der Waals surface area contributed by atoms with Gasteiger partial charge in [-0.15, -0.1) is 11.3 Å². The summed E-state index contributed by atoms with van der Waals surface area (Å²) in [5.74, 6) is 1.88. The third-order valence-corrected chi connectivity index (χ3v) is 12.3. The van der Waals surface area contributed by atoms with Crippen molar-refractivity contribution in [1.82, 2.24) is 19.9 Å². The van der Waals surface area contributed by atoms with Crippen molar-refractivity contribution in [3.05, 3.63) is 182 Å². The number of hydrogen-bond acceptors (Lipinski definition) is 6. The molecule has 270 valence electrons. The van der Waals surface area contributed by atoms with Crippen LogP contribution in [0.1, 0.15) is 0 Å². The molecule has 0 N–H and O–H groups in total. The first-order chi connectivity index (χ1) is 28.7. The predicted octanol–water partition coefficient (Wildman–Crippen LogP) is 14.2. The molecule has 0 saturated heterocycles. The Bertz CT molecular complexity index is 3500. The molecule has 0 bridgehead atoms. The number of furan rings is 1. The molecule has 0 amide bonds. The van der Waals surface area contributed by atoms with Crippen LogP contribution in [0.2, 0.25) is 0 Å². The molecule has 0 spiro atoms. The van der Waals surface area contributed by atoms with Crippen molar-refractivity contribution in [2.45, 2.75) is 0 Å². The molecule has 4 heterocycles. The number of fused-ring (bicyclic) bond motifs is 10. The highest BCUT2D eigenvalue weighted by Gasteiger charge is 2.22. The first-order valence-electron chi connectivity index (χ1n) is 19.3. The molecule has 0 aliphatic carbocycles. The van der Waals surface area contributed by atoms with Gasteiger partial charge in [0.1, 0.15) is 11.2 Å². The van der Waals surface area contributed by atoms with E-state index in [2.05, 4.69) is 115 Å². The largest absolute Gasteiger partial charge is 0.455 e. The molecule has 0 aliphatic rings. The van der Waals surface area contributed by atoms with Crippen molar-refractivity contribution in [1.29, 1.82) is 0 Å². The number of nitrogens with zero attached hydrogens (tertiary/aromatic N) is 4. The molecule has 0 atom stereocenters. The smallest absolute Gasteiger partial charge is 0.164 e. The first-order valence-corrected chi connectivity index (χ1v) is 20.1. The van der Waals surface area contributed by atoms with Crippen LogP contribution in [0.5, 0.6) is 0 Å². The third-order valence-electron chi connectivity index (χ3n) is 11.1. The molecule has 4 aromatic heterocycles. The topological polar surface area (TPSA) is 64.7 Å². The number of hydrogen-bond donors (Lipinski definition) is 0. The zero-order valence-electron chi connectivity index (χ0n) is 30.9. The zero-order valence-corrected chi connectivity index (χ0v) is 31.7.